The average Bonchev–Trinajstić information content (AvgIpc) is 3.18. The van der Waals surface area contributed by atoms with E-state index in [0.717, 1.165) is 6.07 Å². The van der Waals surface area contributed by atoms with E-state index in [1.165, 1.54) is 24.3 Å². The van der Waals surface area contributed by atoms with Gasteiger partial charge in [0, 0.05) is 5.56 Å². The molecular weight excluding hydrogens is 447 g/mol. The van der Waals surface area contributed by atoms with Gasteiger partial charge >= 0.3 is 6.18 Å². The molecule has 33 heavy (non-hydrogen) atoms. The number of nitrogens with one attached hydrogen (secondary N) is 2. The number of ether oxygens (including phenoxy) is 2. The number of phenols is 1. The number of halogens is 3. The van der Waals surface area contributed by atoms with E-state index >= 15 is 0 Å². The van der Waals surface area contributed by atoms with Crippen LogP contribution in [0.15, 0.2) is 41.4 Å². The fraction of sp³-hybridized carbons (Fsp3) is 0.250. The van der Waals surface area contributed by atoms with Crippen LogP contribution >= 0.6 is 0 Å². The first-order valence-corrected chi connectivity index (χ1v) is 9.49. The zero-order valence-corrected chi connectivity index (χ0v) is 17.0. The maximum absolute atomic E-state index is 13.2. The Morgan fingerprint density at radius 3 is 2.64 bits per heavy atom. The number of carbonyl (C=O) groups excluding carboxylic acids is 2. The maximum Gasteiger partial charge on any atom is 0.391 e. The number of nitrogens with zero attached hydrogens (tertiary/aromatic N) is 1. The van der Waals surface area contributed by atoms with Crippen molar-refractivity contribution >= 4 is 23.5 Å². The van der Waals surface area contributed by atoms with Crippen molar-refractivity contribution in [2.75, 3.05) is 13.3 Å². The number of guanidine groups is 1. The van der Waals surface area contributed by atoms with Crippen LogP contribution in [0, 0.1) is 0 Å². The van der Waals surface area contributed by atoms with Crippen LogP contribution in [0.25, 0.3) is 0 Å². The second kappa shape index (κ2) is 9.54. The van der Waals surface area contributed by atoms with Crippen molar-refractivity contribution < 1.29 is 37.3 Å². The quantitative estimate of drug-likeness (QED) is 0.305. The third kappa shape index (κ3) is 6.18. The van der Waals surface area contributed by atoms with Gasteiger partial charge < -0.3 is 36.7 Å². The minimum absolute atomic E-state index is 0.0925. The summed E-state index contributed by atoms with van der Waals surface area (Å²) in [5.41, 5.74) is 10.7. The van der Waals surface area contributed by atoms with Crippen LogP contribution in [0.3, 0.4) is 0 Å². The van der Waals surface area contributed by atoms with E-state index in [9.17, 15) is 27.9 Å². The second-order valence-electron chi connectivity index (χ2n) is 6.94. The summed E-state index contributed by atoms with van der Waals surface area (Å²) in [6.45, 7) is -0.875. The Bertz CT molecular complexity index is 1090. The number of rotatable bonds is 7. The molecule has 0 saturated heterocycles. The summed E-state index contributed by atoms with van der Waals surface area (Å²) in [5.74, 6) is -2.27. The Balaban J connectivity index is 1.72. The molecule has 0 spiro atoms. The highest BCUT2D eigenvalue weighted by molar-refractivity contribution is 5.97. The Labute approximate surface area is 185 Å². The van der Waals surface area contributed by atoms with E-state index in [-0.39, 0.29) is 35.4 Å². The highest BCUT2D eigenvalue weighted by atomic mass is 19.4. The lowest BCUT2D eigenvalue weighted by molar-refractivity contribution is -0.142. The van der Waals surface area contributed by atoms with Crippen molar-refractivity contribution in [3.63, 3.8) is 0 Å². The highest BCUT2D eigenvalue weighted by Gasteiger charge is 2.37. The van der Waals surface area contributed by atoms with Crippen LogP contribution in [0.4, 0.5) is 18.9 Å². The number of amides is 2. The molecule has 3 rings (SSSR count). The third-order valence-corrected chi connectivity index (χ3v) is 4.45. The molecule has 10 nitrogen and oxygen atoms in total. The number of benzene rings is 2. The van der Waals surface area contributed by atoms with Gasteiger partial charge in [0.25, 0.3) is 5.91 Å². The van der Waals surface area contributed by atoms with E-state index in [4.69, 9.17) is 20.9 Å². The van der Waals surface area contributed by atoms with Crippen LogP contribution in [-0.4, -0.2) is 42.4 Å². The fourth-order valence-electron chi connectivity index (χ4n) is 3.15. The molecule has 1 aliphatic heterocycles. The van der Waals surface area contributed by atoms with E-state index in [2.05, 4.69) is 15.6 Å². The molecule has 176 valence electrons. The maximum atomic E-state index is 13.2. The van der Waals surface area contributed by atoms with Crippen molar-refractivity contribution in [2.24, 2.45) is 16.5 Å². The van der Waals surface area contributed by atoms with Crippen molar-refractivity contribution in [1.82, 2.24) is 10.6 Å². The zero-order chi connectivity index (χ0) is 24.2. The first kappa shape index (κ1) is 23.5. The van der Waals surface area contributed by atoms with E-state index in [1.807, 2.05) is 0 Å². The number of carbonyl (C=O) groups is 2. The standard InChI is InChI=1S/C20H20F3N5O5/c21-20(22,23)7-12(16-13(29)4-5-14-17(16)33-9-32-14)28-15(30)8-26-18(31)10-2-1-3-11(6-10)27-19(24)25/h1-6,12,29H,7-9H2,(H,26,31)(H,28,30)(H4,24,25,27). The topological polar surface area (TPSA) is 161 Å². The van der Waals surface area contributed by atoms with Crippen molar-refractivity contribution in [3.05, 3.63) is 47.5 Å². The van der Waals surface area contributed by atoms with Gasteiger partial charge in [-0.05, 0) is 30.3 Å². The molecule has 0 aromatic heterocycles. The molecule has 1 unspecified atom stereocenters. The lowest BCUT2D eigenvalue weighted by Crippen LogP contribution is -2.40. The summed E-state index contributed by atoms with van der Waals surface area (Å²) in [6, 6.07) is 6.65. The molecule has 0 radical (unpaired) electrons. The molecule has 2 aromatic rings. The van der Waals surface area contributed by atoms with Gasteiger partial charge in [-0.15, -0.1) is 0 Å². The largest absolute Gasteiger partial charge is 0.507 e. The first-order valence-electron chi connectivity index (χ1n) is 9.49. The van der Waals surface area contributed by atoms with Gasteiger partial charge in [0.1, 0.15) is 5.75 Å². The van der Waals surface area contributed by atoms with Crippen LogP contribution in [0.5, 0.6) is 17.2 Å². The van der Waals surface area contributed by atoms with E-state index in [1.54, 1.807) is 6.07 Å². The molecule has 2 amide bonds. The molecule has 0 saturated carbocycles. The number of aromatic hydroxyl groups is 1. The summed E-state index contributed by atoms with van der Waals surface area (Å²) in [4.78, 5) is 28.5. The van der Waals surface area contributed by atoms with Crippen molar-refractivity contribution in [2.45, 2.75) is 18.6 Å². The lowest BCUT2D eigenvalue weighted by atomic mass is 10.00. The normalized spacial score (nSPS) is 13.2. The number of alkyl halides is 3. The molecular formula is C20H20F3N5O5. The monoisotopic (exact) mass is 467 g/mol. The predicted octanol–water partition coefficient (Wildman–Crippen LogP) is 1.57. The van der Waals surface area contributed by atoms with Crippen LogP contribution < -0.4 is 31.6 Å². The van der Waals surface area contributed by atoms with Crippen LogP contribution in [0.1, 0.15) is 28.4 Å². The molecule has 0 aliphatic carbocycles. The number of fused-ring (bicyclic) bond motifs is 1. The molecule has 0 fully saturated rings. The molecule has 13 heteroatoms. The Morgan fingerprint density at radius 1 is 1.18 bits per heavy atom. The van der Waals surface area contributed by atoms with Gasteiger partial charge in [0.15, 0.2) is 17.5 Å². The van der Waals surface area contributed by atoms with E-state index in [0.29, 0.717) is 5.69 Å². The van der Waals surface area contributed by atoms with Gasteiger partial charge in [-0.25, -0.2) is 4.99 Å². The third-order valence-electron chi connectivity index (χ3n) is 4.45. The van der Waals surface area contributed by atoms with Gasteiger partial charge in [0.2, 0.25) is 12.7 Å². The SMILES string of the molecule is NC(N)=Nc1cccc(C(=O)NCC(=O)NC(CC(F)(F)F)c2c(O)ccc3c2OCO3)c1. The molecule has 1 aliphatic rings. The van der Waals surface area contributed by atoms with Gasteiger partial charge in [-0.3, -0.25) is 9.59 Å². The number of nitrogens with two attached hydrogens (primary N) is 2. The van der Waals surface area contributed by atoms with Crippen molar-refractivity contribution in [3.8, 4) is 17.2 Å². The summed E-state index contributed by atoms with van der Waals surface area (Å²) in [5, 5.41) is 14.6. The van der Waals surface area contributed by atoms with Crippen molar-refractivity contribution in [1.29, 1.82) is 0 Å². The average molecular weight is 467 g/mol. The zero-order valence-electron chi connectivity index (χ0n) is 17.0. The van der Waals surface area contributed by atoms with Gasteiger partial charge in [0.05, 0.1) is 30.3 Å². The summed E-state index contributed by atoms with van der Waals surface area (Å²) in [6.07, 6.45) is -6.16. The van der Waals surface area contributed by atoms with E-state index < -0.39 is 42.7 Å². The summed E-state index contributed by atoms with van der Waals surface area (Å²) < 4.78 is 49.9. The molecule has 7 N–H and O–H groups in total. The van der Waals surface area contributed by atoms with Gasteiger partial charge in [-0.2, -0.15) is 13.2 Å². The lowest BCUT2D eigenvalue weighted by Gasteiger charge is -2.23. The van der Waals surface area contributed by atoms with Crippen LogP contribution in [0.2, 0.25) is 0 Å². The number of hydrogen-bond acceptors (Lipinski definition) is 6. The fourth-order valence-corrected chi connectivity index (χ4v) is 3.15. The predicted molar refractivity (Wildman–Crippen MR) is 110 cm³/mol. The second-order valence-corrected chi connectivity index (χ2v) is 6.94. The number of hydrogen-bond donors (Lipinski definition) is 5. The highest BCUT2D eigenvalue weighted by Crippen LogP contribution is 2.46. The Morgan fingerprint density at radius 2 is 1.94 bits per heavy atom. The molecule has 2 aromatic carbocycles. The molecule has 1 heterocycles. The first-order chi connectivity index (χ1) is 15.5. The summed E-state index contributed by atoms with van der Waals surface area (Å²) >= 11 is 0. The minimum atomic E-state index is -4.68. The molecule has 0 bridgehead atoms. The smallest absolute Gasteiger partial charge is 0.391 e. The molecule has 1 atom stereocenters. The number of phenolic OH excluding ortho intramolecular Hbond substituents is 1. The minimum Gasteiger partial charge on any atom is -0.507 e. The Hall–Kier alpha value is -4.16. The number of aliphatic imine (C=N–C) groups is 1. The Kier molecular flexibility index (Phi) is 6.80. The van der Waals surface area contributed by atoms with Crippen LogP contribution in [-0.2, 0) is 4.79 Å². The summed E-state index contributed by atoms with van der Waals surface area (Å²) in [7, 11) is 0. The van der Waals surface area contributed by atoms with Gasteiger partial charge in [-0.1, -0.05) is 6.07 Å².